The Morgan fingerprint density at radius 1 is 1.40 bits per heavy atom. The van der Waals surface area contributed by atoms with Crippen molar-refractivity contribution in [3.05, 3.63) is 22.7 Å². The SMILES string of the molecule is COC1CCC(n2nnnc2-c2cccc(N)c2Br)C1. The largest absolute Gasteiger partial charge is 0.398 e. The van der Waals surface area contributed by atoms with E-state index in [1.807, 2.05) is 22.9 Å². The van der Waals surface area contributed by atoms with Crippen LogP contribution in [-0.4, -0.2) is 33.4 Å². The molecule has 0 bridgehead atoms. The van der Waals surface area contributed by atoms with Gasteiger partial charge < -0.3 is 10.5 Å². The van der Waals surface area contributed by atoms with Gasteiger partial charge in [0.05, 0.1) is 16.6 Å². The number of aromatic nitrogens is 4. The van der Waals surface area contributed by atoms with Crippen LogP contribution in [0.4, 0.5) is 5.69 Å². The van der Waals surface area contributed by atoms with Gasteiger partial charge in [0.25, 0.3) is 0 Å². The average molecular weight is 338 g/mol. The summed E-state index contributed by atoms with van der Waals surface area (Å²) < 4.78 is 8.13. The van der Waals surface area contributed by atoms with E-state index in [2.05, 4.69) is 31.5 Å². The molecule has 0 amide bonds. The van der Waals surface area contributed by atoms with E-state index in [0.717, 1.165) is 35.1 Å². The summed E-state index contributed by atoms with van der Waals surface area (Å²) in [7, 11) is 1.75. The van der Waals surface area contributed by atoms with E-state index in [0.29, 0.717) is 11.8 Å². The molecule has 106 valence electrons. The fourth-order valence-corrected chi connectivity index (χ4v) is 3.13. The number of nitrogens with zero attached hydrogens (tertiary/aromatic N) is 4. The van der Waals surface area contributed by atoms with Gasteiger partial charge in [-0.25, -0.2) is 4.68 Å². The Morgan fingerprint density at radius 2 is 2.25 bits per heavy atom. The number of hydrogen-bond donors (Lipinski definition) is 1. The van der Waals surface area contributed by atoms with Gasteiger partial charge in [0.15, 0.2) is 5.82 Å². The molecular weight excluding hydrogens is 322 g/mol. The van der Waals surface area contributed by atoms with Crippen LogP contribution in [0.5, 0.6) is 0 Å². The highest BCUT2D eigenvalue weighted by molar-refractivity contribution is 9.10. The number of nitrogen functional groups attached to an aromatic ring is 1. The van der Waals surface area contributed by atoms with Gasteiger partial charge in [-0.2, -0.15) is 0 Å². The lowest BCUT2D eigenvalue weighted by Crippen LogP contribution is -2.12. The third kappa shape index (κ3) is 2.31. The van der Waals surface area contributed by atoms with Crippen LogP contribution in [0.1, 0.15) is 25.3 Å². The van der Waals surface area contributed by atoms with Gasteiger partial charge in [0.1, 0.15) is 0 Å². The Hall–Kier alpha value is -1.47. The lowest BCUT2D eigenvalue weighted by molar-refractivity contribution is 0.105. The number of tetrazole rings is 1. The number of methoxy groups -OCH3 is 1. The molecule has 6 nitrogen and oxygen atoms in total. The van der Waals surface area contributed by atoms with Crippen molar-refractivity contribution in [2.75, 3.05) is 12.8 Å². The summed E-state index contributed by atoms with van der Waals surface area (Å²) in [6, 6.07) is 5.99. The number of anilines is 1. The predicted molar refractivity (Wildman–Crippen MR) is 79.1 cm³/mol. The van der Waals surface area contributed by atoms with Crippen molar-refractivity contribution >= 4 is 21.6 Å². The Balaban J connectivity index is 1.96. The molecule has 1 aliphatic rings. The molecule has 3 rings (SSSR count). The number of halogens is 1. The molecule has 1 aliphatic carbocycles. The first-order chi connectivity index (χ1) is 9.70. The molecule has 1 fully saturated rings. The molecule has 1 aromatic heterocycles. The van der Waals surface area contributed by atoms with Crippen molar-refractivity contribution in [3.8, 4) is 11.4 Å². The van der Waals surface area contributed by atoms with Gasteiger partial charge in [0, 0.05) is 18.4 Å². The second-order valence-electron chi connectivity index (χ2n) is 4.98. The van der Waals surface area contributed by atoms with Gasteiger partial charge in [-0.15, -0.1) is 5.10 Å². The highest BCUT2D eigenvalue weighted by Crippen LogP contribution is 2.36. The lowest BCUT2D eigenvalue weighted by Gasteiger charge is -2.13. The minimum absolute atomic E-state index is 0.276. The second-order valence-corrected chi connectivity index (χ2v) is 5.77. The first-order valence-electron chi connectivity index (χ1n) is 6.55. The smallest absolute Gasteiger partial charge is 0.183 e. The maximum absolute atomic E-state index is 5.93. The topological polar surface area (TPSA) is 78.8 Å². The molecule has 1 saturated carbocycles. The zero-order chi connectivity index (χ0) is 14.1. The zero-order valence-electron chi connectivity index (χ0n) is 11.2. The van der Waals surface area contributed by atoms with Crippen molar-refractivity contribution in [2.45, 2.75) is 31.4 Å². The standard InChI is InChI=1S/C13H16BrN5O/c1-20-9-6-5-8(7-9)19-13(16-17-18-19)10-3-2-4-11(15)12(10)14/h2-4,8-9H,5-7,15H2,1H3. The summed E-state index contributed by atoms with van der Waals surface area (Å²) in [5.74, 6) is 0.742. The number of hydrogen-bond acceptors (Lipinski definition) is 5. The van der Waals surface area contributed by atoms with Crippen LogP contribution < -0.4 is 5.73 Å². The van der Waals surface area contributed by atoms with E-state index in [1.54, 1.807) is 7.11 Å². The van der Waals surface area contributed by atoms with Crippen LogP contribution in [0.3, 0.4) is 0 Å². The monoisotopic (exact) mass is 337 g/mol. The maximum atomic E-state index is 5.93. The van der Waals surface area contributed by atoms with Crippen LogP contribution in [0.15, 0.2) is 22.7 Å². The van der Waals surface area contributed by atoms with Gasteiger partial charge in [0.2, 0.25) is 0 Å². The van der Waals surface area contributed by atoms with E-state index < -0.39 is 0 Å². The summed E-state index contributed by atoms with van der Waals surface area (Å²) >= 11 is 3.51. The molecule has 2 unspecified atom stereocenters. The highest BCUT2D eigenvalue weighted by Gasteiger charge is 2.29. The average Bonchev–Trinajstić information content (AvgIpc) is 3.09. The van der Waals surface area contributed by atoms with Crippen molar-refractivity contribution in [2.24, 2.45) is 0 Å². The quantitative estimate of drug-likeness (QED) is 0.870. The summed E-state index contributed by atoms with van der Waals surface area (Å²) in [6.07, 6.45) is 3.30. The Labute approximate surface area is 125 Å². The molecule has 0 aliphatic heterocycles. The first-order valence-corrected chi connectivity index (χ1v) is 7.35. The molecule has 1 heterocycles. The zero-order valence-corrected chi connectivity index (χ0v) is 12.7. The van der Waals surface area contributed by atoms with Crippen LogP contribution >= 0.6 is 15.9 Å². The van der Waals surface area contributed by atoms with Crippen LogP contribution in [0, 0.1) is 0 Å². The molecule has 1 aromatic carbocycles. The number of nitrogens with two attached hydrogens (primary N) is 1. The number of ether oxygens (including phenoxy) is 1. The summed E-state index contributed by atoms with van der Waals surface area (Å²) in [5, 5.41) is 12.1. The second kappa shape index (κ2) is 5.49. The molecule has 20 heavy (non-hydrogen) atoms. The van der Waals surface area contributed by atoms with Gasteiger partial charge in [-0.05, 0) is 57.8 Å². The summed E-state index contributed by atoms with van der Waals surface area (Å²) in [6.45, 7) is 0. The third-order valence-electron chi connectivity index (χ3n) is 3.80. The predicted octanol–water partition coefficient (Wildman–Crippen LogP) is 2.42. The normalized spacial score (nSPS) is 22.3. The highest BCUT2D eigenvalue weighted by atomic mass is 79.9. The van der Waals surface area contributed by atoms with E-state index in [4.69, 9.17) is 10.5 Å². The minimum Gasteiger partial charge on any atom is -0.398 e. The van der Waals surface area contributed by atoms with E-state index in [9.17, 15) is 0 Å². The van der Waals surface area contributed by atoms with Gasteiger partial charge in [-0.1, -0.05) is 6.07 Å². The van der Waals surface area contributed by atoms with Crippen LogP contribution in [-0.2, 0) is 4.74 Å². The van der Waals surface area contributed by atoms with Crippen LogP contribution in [0.25, 0.3) is 11.4 Å². The van der Waals surface area contributed by atoms with Crippen molar-refractivity contribution < 1.29 is 4.74 Å². The van der Waals surface area contributed by atoms with E-state index >= 15 is 0 Å². The van der Waals surface area contributed by atoms with Crippen molar-refractivity contribution in [1.29, 1.82) is 0 Å². The van der Waals surface area contributed by atoms with Gasteiger partial charge >= 0.3 is 0 Å². The molecule has 0 saturated heterocycles. The fraction of sp³-hybridized carbons (Fsp3) is 0.462. The van der Waals surface area contributed by atoms with Gasteiger partial charge in [-0.3, -0.25) is 0 Å². The molecule has 2 N–H and O–H groups in total. The Kier molecular flexibility index (Phi) is 3.71. The summed E-state index contributed by atoms with van der Waals surface area (Å²) in [4.78, 5) is 0. The fourth-order valence-electron chi connectivity index (χ4n) is 2.69. The van der Waals surface area contributed by atoms with Crippen molar-refractivity contribution in [3.63, 3.8) is 0 Å². The lowest BCUT2D eigenvalue weighted by atomic mass is 10.1. The van der Waals surface area contributed by atoms with Crippen LogP contribution in [0.2, 0.25) is 0 Å². The molecule has 0 radical (unpaired) electrons. The molecule has 0 spiro atoms. The third-order valence-corrected chi connectivity index (χ3v) is 4.68. The van der Waals surface area contributed by atoms with Crippen molar-refractivity contribution in [1.82, 2.24) is 20.2 Å². The molecular formula is C13H16BrN5O. The number of rotatable bonds is 3. The Morgan fingerprint density at radius 3 is 3.00 bits per heavy atom. The first kappa shape index (κ1) is 13.5. The van der Waals surface area contributed by atoms with E-state index in [1.165, 1.54) is 0 Å². The van der Waals surface area contributed by atoms with E-state index in [-0.39, 0.29) is 6.04 Å². The minimum atomic E-state index is 0.276. The number of benzene rings is 1. The molecule has 2 aromatic rings. The molecule has 7 heteroatoms. The Bertz CT molecular complexity index is 615. The summed E-state index contributed by atoms with van der Waals surface area (Å²) in [5.41, 5.74) is 7.52. The maximum Gasteiger partial charge on any atom is 0.183 e. The molecule has 2 atom stereocenters.